The van der Waals surface area contributed by atoms with Gasteiger partial charge in [0.25, 0.3) is 0 Å². The first-order chi connectivity index (χ1) is 0. The zero-order chi connectivity index (χ0) is 0. The predicted octanol–water partition coefficient (Wildman–Crippen LogP) is -1.03. The summed E-state index contributed by atoms with van der Waals surface area (Å²) in [6.45, 7) is 0. The summed E-state index contributed by atoms with van der Waals surface area (Å²) in [5, 5.41) is 0. The van der Waals surface area contributed by atoms with Crippen molar-refractivity contribution in [2.24, 2.45) is 0 Å². The molecule has 0 aliphatic rings. The summed E-state index contributed by atoms with van der Waals surface area (Å²) in [7, 11) is 0. The van der Waals surface area contributed by atoms with Crippen molar-refractivity contribution in [2.75, 3.05) is 0 Å². The number of hydrogen-bond acceptors (Lipinski definition) is 0. The molecule has 0 aliphatic heterocycles. The molecule has 11 valence electrons. The van der Waals surface area contributed by atoms with Gasteiger partial charge >= 0.3 is 18.9 Å². The molecule has 0 heterocycles. The Kier molecular flexibility index (Phi) is 142. The molecule has 0 bridgehead atoms. The van der Waals surface area contributed by atoms with Crippen LogP contribution in [0.15, 0.2) is 0 Å². The molecular formula is HAlLiTiZn. The number of rotatable bonds is 0. The molecule has 0 unspecified atom stereocenters. The first-order valence-corrected chi connectivity index (χ1v) is 0. The number of hydrogen-bond donors (Lipinski definition) is 0. The molecule has 0 aromatic carbocycles. The van der Waals surface area contributed by atoms with E-state index in [1.165, 1.54) is 0 Å². The van der Waals surface area contributed by atoms with Crippen LogP contribution < -0.4 is 0 Å². The summed E-state index contributed by atoms with van der Waals surface area (Å²) in [4.78, 5) is 0. The van der Waals surface area contributed by atoms with E-state index in [4.69, 9.17) is 0 Å². The summed E-state index contributed by atoms with van der Waals surface area (Å²) >= 11 is 0. The zero-order valence-electron chi connectivity index (χ0n) is 1.78. The smallest absolute Gasteiger partial charge is 0 e. The average molecular weight is 148 g/mol. The van der Waals surface area contributed by atoms with Gasteiger partial charge in [-0.15, -0.1) is 0 Å². The zero-order valence-corrected chi connectivity index (χ0v) is 7.47. The van der Waals surface area contributed by atoms with Gasteiger partial charge in [0.05, 0.1) is 0 Å². The third-order valence-corrected chi connectivity index (χ3v) is 0. The third-order valence-electron chi connectivity index (χ3n) is 0. The van der Waals surface area contributed by atoms with Gasteiger partial charge in [-0.3, -0.25) is 0 Å². The van der Waals surface area contributed by atoms with E-state index in [1.807, 2.05) is 0 Å². The first-order valence-electron chi connectivity index (χ1n) is 0. The van der Waals surface area contributed by atoms with E-state index in [9.17, 15) is 0 Å². The van der Waals surface area contributed by atoms with Crippen molar-refractivity contribution in [1.29, 1.82) is 0 Å². The summed E-state index contributed by atoms with van der Waals surface area (Å²) in [6, 6.07) is 0. The minimum absolute atomic E-state index is 0. The van der Waals surface area contributed by atoms with Gasteiger partial charge < -0.3 is 0 Å². The van der Waals surface area contributed by atoms with E-state index in [-0.39, 0.29) is 77.4 Å². The van der Waals surface area contributed by atoms with E-state index >= 15 is 0 Å². The van der Waals surface area contributed by atoms with Crippen LogP contribution >= 0.6 is 0 Å². The minimum Gasteiger partial charge on any atom is 0 e. The van der Waals surface area contributed by atoms with Crippen LogP contribution in [0.5, 0.6) is 0 Å². The summed E-state index contributed by atoms with van der Waals surface area (Å²) in [5.74, 6) is 0. The van der Waals surface area contributed by atoms with Crippen LogP contribution in [0.25, 0.3) is 0 Å². The van der Waals surface area contributed by atoms with Gasteiger partial charge in [-0.25, -0.2) is 0 Å². The van der Waals surface area contributed by atoms with E-state index < -0.39 is 0 Å². The van der Waals surface area contributed by atoms with Crippen LogP contribution in [0.1, 0.15) is 0 Å². The second kappa shape index (κ2) is 17.9. The Balaban J connectivity index is 0. The van der Waals surface area contributed by atoms with E-state index in [1.54, 1.807) is 0 Å². The van der Waals surface area contributed by atoms with Gasteiger partial charge in [0.1, 0.15) is 0 Å². The Bertz CT molecular complexity index is 8.00. The van der Waals surface area contributed by atoms with Gasteiger partial charge in [-0.05, 0) is 0 Å². The molecule has 0 rings (SSSR count). The molecule has 4 heteroatoms. The van der Waals surface area contributed by atoms with Crippen LogP contribution in [0.3, 0.4) is 0 Å². The van der Waals surface area contributed by atoms with Crippen LogP contribution in [0.4, 0.5) is 0 Å². The van der Waals surface area contributed by atoms with Crippen molar-refractivity contribution in [2.45, 2.75) is 0 Å². The Labute approximate surface area is 76.4 Å². The van der Waals surface area contributed by atoms with Gasteiger partial charge in [-0.2, -0.15) is 0 Å². The largest absolute Gasteiger partial charge is 0 e. The fourth-order valence-electron chi connectivity index (χ4n) is 0. The summed E-state index contributed by atoms with van der Waals surface area (Å²) in [6.07, 6.45) is 0. The maximum atomic E-state index is 0. The van der Waals surface area contributed by atoms with Crippen molar-refractivity contribution in [3.63, 3.8) is 0 Å². The quantitative estimate of drug-likeness (QED) is 0.385. The Morgan fingerprint density at radius 1 is 1.00 bits per heavy atom. The molecule has 0 aliphatic carbocycles. The van der Waals surface area contributed by atoms with Crippen LogP contribution in [-0.4, -0.2) is 36.2 Å². The predicted molar refractivity (Wildman–Crippen MR) is 12.9 cm³/mol. The molecule has 0 amide bonds. The van der Waals surface area contributed by atoms with Gasteiger partial charge in [0, 0.05) is 58.6 Å². The van der Waals surface area contributed by atoms with Crippen molar-refractivity contribution in [3.05, 3.63) is 0 Å². The Hall–Kier alpha value is 2.47. The Morgan fingerprint density at radius 3 is 1.00 bits per heavy atom. The Morgan fingerprint density at radius 2 is 1.00 bits per heavy atom. The fraction of sp³-hybridized carbons (Fsp3) is 0. The molecule has 0 spiro atoms. The second-order valence-corrected chi connectivity index (χ2v) is 0. The minimum atomic E-state index is 0. The molecule has 0 atom stereocenters. The van der Waals surface area contributed by atoms with E-state index in [0.717, 1.165) is 0 Å². The van der Waals surface area contributed by atoms with Crippen molar-refractivity contribution in [3.8, 4) is 0 Å². The van der Waals surface area contributed by atoms with Gasteiger partial charge in [0.2, 0.25) is 0 Å². The monoisotopic (exact) mass is 147 g/mol. The van der Waals surface area contributed by atoms with Crippen LogP contribution in [-0.2, 0) is 41.2 Å². The van der Waals surface area contributed by atoms with Crippen molar-refractivity contribution < 1.29 is 41.2 Å². The van der Waals surface area contributed by atoms with E-state index in [0.29, 0.717) is 0 Å². The van der Waals surface area contributed by atoms with Crippen LogP contribution in [0.2, 0.25) is 0 Å². The van der Waals surface area contributed by atoms with Crippen molar-refractivity contribution in [1.82, 2.24) is 0 Å². The molecule has 4 heavy (non-hydrogen) atoms. The average Bonchev–Trinajstić information content (AvgIpc) is 0. The van der Waals surface area contributed by atoms with Gasteiger partial charge in [0.15, 0.2) is 0 Å². The second-order valence-electron chi connectivity index (χ2n) is 0. The van der Waals surface area contributed by atoms with E-state index in [2.05, 4.69) is 0 Å². The molecule has 0 aromatic heterocycles. The SMILES string of the molecule is [Al].[LiH].[Ti].[Zn]. The molecule has 0 saturated carbocycles. The summed E-state index contributed by atoms with van der Waals surface area (Å²) < 4.78 is 0. The third kappa shape index (κ3) is 8.82. The molecule has 0 saturated heterocycles. The molecule has 0 fully saturated rings. The van der Waals surface area contributed by atoms with Crippen molar-refractivity contribution >= 4 is 36.2 Å². The van der Waals surface area contributed by atoms with Crippen LogP contribution in [0, 0.1) is 0 Å². The molecule has 0 nitrogen and oxygen atoms in total. The van der Waals surface area contributed by atoms with Gasteiger partial charge in [-0.1, -0.05) is 0 Å². The fourth-order valence-corrected chi connectivity index (χ4v) is 0. The maximum absolute atomic E-state index is 0. The molecule has 0 N–H and O–H groups in total. The molecule has 3 radical (unpaired) electrons. The maximum Gasteiger partial charge on any atom is 0 e. The standard InChI is InChI=1S/Al.Li.Ti.Zn.H. The molecule has 0 aromatic rings. The summed E-state index contributed by atoms with van der Waals surface area (Å²) in [5.41, 5.74) is 0. The normalized spacial score (nSPS) is 0. The molecular weight excluding hydrogens is 147 g/mol. The topological polar surface area (TPSA) is 0 Å². The first kappa shape index (κ1) is 31.8.